The van der Waals surface area contributed by atoms with E-state index in [-0.39, 0.29) is 41.7 Å². The Morgan fingerprint density at radius 3 is 2.47 bits per heavy atom. The standard InChI is InChI=1S/C35H39BrN8O5/c1-40-18-23(15-25(20-40)38-28-17-37-41(2)35(49)31(28)36)21-3-5-22(6-4-21)33(47)43-13-11-42(12-14-43)26-7-8-27-24(16-26)19-44(34(27)48)29-9-10-30(45)39-32(29)46/h3-8,16-17,23,25,29,38H,9-15,18-20H2,1-2H3,(H,39,45,46)/t23-,25+,29?/m1/s1. The van der Waals surface area contributed by atoms with Crippen molar-refractivity contribution in [3.63, 3.8) is 0 Å². The number of aryl methyl sites for hydroxylation is 1. The number of anilines is 2. The first kappa shape index (κ1) is 33.0. The molecule has 3 atom stereocenters. The van der Waals surface area contributed by atoms with E-state index in [1.165, 1.54) is 10.2 Å². The van der Waals surface area contributed by atoms with Crippen LogP contribution in [0.5, 0.6) is 0 Å². The lowest BCUT2D eigenvalue weighted by Crippen LogP contribution is -2.52. The predicted octanol–water partition coefficient (Wildman–Crippen LogP) is 2.17. The maximum atomic E-state index is 13.5. The third kappa shape index (κ3) is 6.58. The average molecular weight is 732 g/mol. The van der Waals surface area contributed by atoms with Gasteiger partial charge in [0.2, 0.25) is 11.8 Å². The monoisotopic (exact) mass is 730 g/mol. The minimum atomic E-state index is -0.638. The van der Waals surface area contributed by atoms with Crippen molar-refractivity contribution in [3.8, 4) is 0 Å². The zero-order chi connectivity index (χ0) is 34.4. The van der Waals surface area contributed by atoms with Gasteiger partial charge in [0.05, 0.1) is 11.9 Å². The third-order valence-electron chi connectivity index (χ3n) is 10.1. The summed E-state index contributed by atoms with van der Waals surface area (Å²) in [6, 6.07) is 13.2. The number of carbonyl (C=O) groups excluding carboxylic acids is 4. The summed E-state index contributed by atoms with van der Waals surface area (Å²) in [4.78, 5) is 70.8. The Labute approximate surface area is 292 Å². The van der Waals surface area contributed by atoms with E-state index in [0.29, 0.717) is 60.4 Å². The van der Waals surface area contributed by atoms with Crippen LogP contribution in [0.15, 0.2) is 57.9 Å². The van der Waals surface area contributed by atoms with Gasteiger partial charge in [-0.1, -0.05) is 12.1 Å². The molecule has 0 saturated carbocycles. The molecule has 0 bridgehead atoms. The summed E-state index contributed by atoms with van der Waals surface area (Å²) in [6.45, 7) is 4.55. The van der Waals surface area contributed by atoms with Crippen molar-refractivity contribution in [2.24, 2.45) is 7.05 Å². The van der Waals surface area contributed by atoms with Crippen LogP contribution in [0.1, 0.15) is 57.0 Å². The molecule has 0 radical (unpaired) electrons. The number of aromatic nitrogens is 2. The van der Waals surface area contributed by atoms with Crippen LogP contribution in [0.3, 0.4) is 0 Å². The highest BCUT2D eigenvalue weighted by molar-refractivity contribution is 9.10. The Hall–Kier alpha value is -4.56. The number of piperazine rings is 1. The number of nitrogens with zero attached hydrogens (tertiary/aromatic N) is 6. The fourth-order valence-electron chi connectivity index (χ4n) is 7.50. The van der Waals surface area contributed by atoms with E-state index in [0.717, 1.165) is 30.8 Å². The predicted molar refractivity (Wildman–Crippen MR) is 186 cm³/mol. The van der Waals surface area contributed by atoms with Crippen LogP contribution < -0.4 is 21.1 Å². The summed E-state index contributed by atoms with van der Waals surface area (Å²) in [5, 5.41) is 9.99. The second-order valence-corrected chi connectivity index (χ2v) is 14.2. The topological polar surface area (TPSA) is 140 Å². The van der Waals surface area contributed by atoms with Gasteiger partial charge < -0.3 is 24.9 Å². The number of halogens is 1. The van der Waals surface area contributed by atoms with Gasteiger partial charge in [-0.05, 0) is 83.2 Å². The van der Waals surface area contributed by atoms with Gasteiger partial charge in [-0.2, -0.15) is 5.10 Å². The average Bonchev–Trinajstić information content (AvgIpc) is 3.43. The number of amides is 4. The van der Waals surface area contributed by atoms with E-state index in [4.69, 9.17) is 0 Å². The molecule has 14 heteroatoms. The van der Waals surface area contributed by atoms with Crippen molar-refractivity contribution in [2.45, 2.75) is 43.8 Å². The smallest absolute Gasteiger partial charge is 0.282 e. The van der Waals surface area contributed by atoms with Gasteiger partial charge in [0.1, 0.15) is 10.5 Å². The molecule has 3 fully saturated rings. The van der Waals surface area contributed by atoms with Gasteiger partial charge in [-0.15, -0.1) is 0 Å². The summed E-state index contributed by atoms with van der Waals surface area (Å²) in [7, 11) is 3.71. The zero-order valence-corrected chi connectivity index (χ0v) is 29.1. The molecule has 5 heterocycles. The Morgan fingerprint density at radius 2 is 1.73 bits per heavy atom. The first-order valence-corrected chi connectivity index (χ1v) is 17.4. The molecule has 2 aromatic carbocycles. The molecule has 3 saturated heterocycles. The van der Waals surface area contributed by atoms with Crippen molar-refractivity contribution in [1.29, 1.82) is 0 Å². The van der Waals surface area contributed by atoms with Crippen LogP contribution in [-0.2, 0) is 23.2 Å². The van der Waals surface area contributed by atoms with Crippen LogP contribution in [0.2, 0.25) is 0 Å². The SMILES string of the molecule is CN1C[C@@H](Nc2cnn(C)c(=O)c2Br)C[C@@H](c2ccc(C(=O)N3CCN(c4ccc5c(c4)CN(C4CCC(=O)NC4=O)C5=O)CC3)cc2)C1. The molecule has 49 heavy (non-hydrogen) atoms. The van der Waals surface area contributed by atoms with Crippen molar-refractivity contribution in [1.82, 2.24) is 29.8 Å². The first-order chi connectivity index (χ1) is 23.5. The molecule has 1 unspecified atom stereocenters. The minimum Gasteiger partial charge on any atom is -0.379 e. The van der Waals surface area contributed by atoms with Crippen LogP contribution in [-0.4, -0.2) is 107 Å². The lowest BCUT2D eigenvalue weighted by molar-refractivity contribution is -0.136. The number of nitrogens with one attached hydrogen (secondary N) is 2. The number of benzene rings is 2. The molecular formula is C35H39BrN8O5. The number of carbonyl (C=O) groups is 4. The van der Waals surface area contributed by atoms with E-state index in [9.17, 15) is 24.0 Å². The number of hydrogen-bond acceptors (Lipinski definition) is 9. The van der Waals surface area contributed by atoms with Gasteiger partial charge in [0, 0.05) is 82.1 Å². The molecule has 0 aliphatic carbocycles. The van der Waals surface area contributed by atoms with Crippen molar-refractivity contribution >= 4 is 50.9 Å². The first-order valence-electron chi connectivity index (χ1n) is 16.6. The van der Waals surface area contributed by atoms with Gasteiger partial charge >= 0.3 is 0 Å². The number of likely N-dealkylation sites (N-methyl/N-ethyl adjacent to an activating group) is 1. The van der Waals surface area contributed by atoms with E-state index in [1.54, 1.807) is 18.1 Å². The Balaban J connectivity index is 0.946. The molecule has 256 valence electrons. The van der Waals surface area contributed by atoms with E-state index >= 15 is 0 Å². The number of piperidine rings is 2. The van der Waals surface area contributed by atoms with Gasteiger partial charge in [-0.25, -0.2) is 4.68 Å². The maximum absolute atomic E-state index is 13.5. The maximum Gasteiger partial charge on any atom is 0.282 e. The highest BCUT2D eigenvalue weighted by atomic mass is 79.9. The Kier molecular flexibility index (Phi) is 9.01. The quantitative estimate of drug-likeness (QED) is 0.366. The molecule has 4 aliphatic rings. The number of imide groups is 1. The van der Waals surface area contributed by atoms with Crippen LogP contribution >= 0.6 is 15.9 Å². The Bertz CT molecular complexity index is 1870. The molecule has 3 aromatic rings. The second-order valence-electron chi connectivity index (χ2n) is 13.4. The van der Waals surface area contributed by atoms with E-state index in [2.05, 4.69) is 60.6 Å². The zero-order valence-electron chi connectivity index (χ0n) is 27.5. The summed E-state index contributed by atoms with van der Waals surface area (Å²) in [5.41, 5.74) is 4.78. The normalized spacial score (nSPS) is 23.0. The molecule has 4 aliphatic heterocycles. The molecule has 7 rings (SSSR count). The lowest BCUT2D eigenvalue weighted by Gasteiger charge is -2.37. The summed E-state index contributed by atoms with van der Waals surface area (Å²) < 4.78 is 1.77. The highest BCUT2D eigenvalue weighted by Gasteiger charge is 2.39. The fraction of sp³-hybridized carbons (Fsp3) is 0.429. The van der Waals surface area contributed by atoms with Gasteiger partial charge in [-0.3, -0.25) is 29.3 Å². The summed E-state index contributed by atoms with van der Waals surface area (Å²) in [6.07, 6.45) is 3.11. The van der Waals surface area contributed by atoms with Crippen LogP contribution in [0.25, 0.3) is 0 Å². The number of hydrogen-bond donors (Lipinski definition) is 2. The number of fused-ring (bicyclic) bond motifs is 1. The van der Waals surface area contributed by atoms with E-state index in [1.807, 2.05) is 35.2 Å². The number of likely N-dealkylation sites (tertiary alicyclic amines) is 1. The molecule has 13 nitrogen and oxygen atoms in total. The third-order valence-corrected chi connectivity index (χ3v) is 10.9. The van der Waals surface area contributed by atoms with E-state index < -0.39 is 11.9 Å². The van der Waals surface area contributed by atoms with Gasteiger partial charge in [0.25, 0.3) is 17.4 Å². The largest absolute Gasteiger partial charge is 0.379 e. The highest BCUT2D eigenvalue weighted by Crippen LogP contribution is 2.32. The lowest BCUT2D eigenvalue weighted by atomic mass is 9.87. The molecule has 1 aromatic heterocycles. The molecule has 0 spiro atoms. The van der Waals surface area contributed by atoms with Crippen LogP contribution in [0, 0.1) is 0 Å². The van der Waals surface area contributed by atoms with Crippen LogP contribution in [0.4, 0.5) is 11.4 Å². The van der Waals surface area contributed by atoms with Crippen molar-refractivity contribution in [2.75, 3.05) is 56.5 Å². The van der Waals surface area contributed by atoms with Crippen molar-refractivity contribution in [3.05, 3.63) is 85.7 Å². The minimum absolute atomic E-state index is 0.00828. The van der Waals surface area contributed by atoms with Gasteiger partial charge in [0.15, 0.2) is 0 Å². The summed E-state index contributed by atoms with van der Waals surface area (Å²) >= 11 is 3.41. The molecule has 2 N–H and O–H groups in total. The summed E-state index contributed by atoms with van der Waals surface area (Å²) in [5.74, 6) is -0.629. The Morgan fingerprint density at radius 1 is 0.980 bits per heavy atom. The molecule has 4 amide bonds. The molecular weight excluding hydrogens is 692 g/mol. The second kappa shape index (κ2) is 13.4. The fourth-order valence-corrected chi connectivity index (χ4v) is 7.98. The number of rotatable bonds is 6. The van der Waals surface area contributed by atoms with Crippen molar-refractivity contribution < 1.29 is 19.2 Å².